The van der Waals surface area contributed by atoms with Crippen LogP contribution in [0, 0.1) is 5.82 Å². The fourth-order valence-corrected chi connectivity index (χ4v) is 2.53. The zero-order valence-electron chi connectivity index (χ0n) is 14.7. The van der Waals surface area contributed by atoms with E-state index in [-0.39, 0.29) is 11.7 Å². The molecule has 3 rings (SSSR count). The molecule has 26 heavy (non-hydrogen) atoms. The third-order valence-corrected chi connectivity index (χ3v) is 3.89. The minimum atomic E-state index is -0.385. The summed E-state index contributed by atoms with van der Waals surface area (Å²) in [5, 5.41) is 11.1. The maximum absolute atomic E-state index is 13.7. The number of ether oxygens (including phenoxy) is 2. The van der Waals surface area contributed by atoms with Crippen molar-refractivity contribution >= 4 is 0 Å². The second-order valence-electron chi connectivity index (χ2n) is 5.60. The number of halogens is 1. The van der Waals surface area contributed by atoms with Crippen molar-refractivity contribution in [3.8, 4) is 23.0 Å². The summed E-state index contributed by atoms with van der Waals surface area (Å²) in [6.07, 6.45) is 0.800. The molecule has 2 aromatic carbocycles. The number of benzene rings is 2. The SMILES string of the molecule is COc1ccc(CCNCc2nnc(-c3ccccc3F)o2)cc1OC. The maximum atomic E-state index is 13.7. The van der Waals surface area contributed by atoms with Crippen molar-refractivity contribution in [2.45, 2.75) is 13.0 Å². The van der Waals surface area contributed by atoms with Gasteiger partial charge >= 0.3 is 0 Å². The molecule has 6 nitrogen and oxygen atoms in total. The Morgan fingerprint density at radius 1 is 1.04 bits per heavy atom. The first-order valence-corrected chi connectivity index (χ1v) is 8.20. The van der Waals surface area contributed by atoms with Crippen molar-refractivity contribution in [2.24, 2.45) is 0 Å². The van der Waals surface area contributed by atoms with E-state index in [4.69, 9.17) is 13.9 Å². The fraction of sp³-hybridized carbons (Fsp3) is 0.263. The van der Waals surface area contributed by atoms with Crippen molar-refractivity contribution < 1.29 is 18.3 Å². The molecule has 0 bridgehead atoms. The summed E-state index contributed by atoms with van der Waals surface area (Å²) in [5.74, 6) is 1.62. The number of rotatable bonds is 8. The fourth-order valence-electron chi connectivity index (χ4n) is 2.53. The lowest BCUT2D eigenvalue weighted by Gasteiger charge is -2.09. The Kier molecular flexibility index (Phi) is 5.80. The molecule has 0 saturated heterocycles. The van der Waals surface area contributed by atoms with Gasteiger partial charge in [0.05, 0.1) is 26.3 Å². The van der Waals surface area contributed by atoms with Crippen LogP contribution < -0.4 is 14.8 Å². The molecule has 0 aliphatic heterocycles. The first kappa shape index (κ1) is 17.9. The van der Waals surface area contributed by atoms with Crippen molar-refractivity contribution in [1.29, 1.82) is 0 Å². The van der Waals surface area contributed by atoms with E-state index in [1.165, 1.54) is 6.07 Å². The molecule has 3 aromatic rings. The summed E-state index contributed by atoms with van der Waals surface area (Å²) < 4.78 is 29.8. The van der Waals surface area contributed by atoms with E-state index in [9.17, 15) is 4.39 Å². The number of hydrogen-bond acceptors (Lipinski definition) is 6. The third kappa shape index (κ3) is 4.18. The minimum absolute atomic E-state index is 0.180. The van der Waals surface area contributed by atoms with Crippen LogP contribution in [0.25, 0.3) is 11.5 Å². The highest BCUT2D eigenvalue weighted by atomic mass is 19.1. The second kappa shape index (κ2) is 8.44. The van der Waals surface area contributed by atoms with Gasteiger partial charge in [-0.2, -0.15) is 0 Å². The average molecular weight is 357 g/mol. The van der Waals surface area contributed by atoms with Crippen LogP contribution >= 0.6 is 0 Å². The highest BCUT2D eigenvalue weighted by Crippen LogP contribution is 2.27. The molecule has 1 aromatic heterocycles. The highest BCUT2D eigenvalue weighted by Gasteiger charge is 2.12. The lowest BCUT2D eigenvalue weighted by atomic mass is 10.1. The first-order valence-electron chi connectivity index (χ1n) is 8.20. The summed E-state index contributed by atoms with van der Waals surface area (Å²) in [6.45, 7) is 1.13. The molecule has 0 fully saturated rings. The lowest BCUT2D eigenvalue weighted by molar-refractivity contribution is 0.354. The summed E-state index contributed by atoms with van der Waals surface area (Å²) >= 11 is 0. The standard InChI is InChI=1S/C19H20FN3O3/c1-24-16-8-7-13(11-17(16)25-2)9-10-21-12-18-22-23-19(26-18)14-5-3-4-6-15(14)20/h3-8,11,21H,9-10,12H2,1-2H3. The second-order valence-corrected chi connectivity index (χ2v) is 5.60. The van der Waals surface area contributed by atoms with Gasteiger partial charge in [-0.15, -0.1) is 10.2 Å². The van der Waals surface area contributed by atoms with E-state index in [2.05, 4.69) is 15.5 Å². The largest absolute Gasteiger partial charge is 0.493 e. The molecule has 0 aliphatic rings. The van der Waals surface area contributed by atoms with Crippen molar-refractivity contribution in [3.05, 3.63) is 59.7 Å². The molecule has 0 unspecified atom stereocenters. The highest BCUT2D eigenvalue weighted by molar-refractivity contribution is 5.53. The van der Waals surface area contributed by atoms with E-state index in [0.29, 0.717) is 36.0 Å². The Bertz CT molecular complexity index is 867. The van der Waals surface area contributed by atoms with E-state index >= 15 is 0 Å². The predicted octanol–water partition coefficient (Wildman–Crippen LogP) is 3.23. The smallest absolute Gasteiger partial charge is 0.250 e. The Labute approximate surface area is 151 Å². The van der Waals surface area contributed by atoms with Gasteiger partial charge in [0, 0.05) is 0 Å². The average Bonchev–Trinajstić information content (AvgIpc) is 3.14. The van der Waals surface area contributed by atoms with Crippen molar-refractivity contribution in [1.82, 2.24) is 15.5 Å². The van der Waals surface area contributed by atoms with Gasteiger partial charge < -0.3 is 19.2 Å². The molecule has 0 aliphatic carbocycles. The number of methoxy groups -OCH3 is 2. The predicted molar refractivity (Wildman–Crippen MR) is 94.6 cm³/mol. The zero-order chi connectivity index (χ0) is 18.4. The summed E-state index contributed by atoms with van der Waals surface area (Å²) in [7, 11) is 3.22. The van der Waals surface area contributed by atoms with E-state index in [1.807, 2.05) is 18.2 Å². The Morgan fingerprint density at radius 3 is 2.62 bits per heavy atom. The topological polar surface area (TPSA) is 69.4 Å². The van der Waals surface area contributed by atoms with E-state index in [1.54, 1.807) is 32.4 Å². The molecular weight excluding hydrogens is 337 g/mol. The van der Waals surface area contributed by atoms with Crippen LogP contribution in [0.5, 0.6) is 11.5 Å². The van der Waals surface area contributed by atoms with Gasteiger partial charge in [0.15, 0.2) is 11.5 Å². The molecule has 1 heterocycles. The number of hydrogen-bond donors (Lipinski definition) is 1. The molecule has 0 saturated carbocycles. The summed E-state index contributed by atoms with van der Waals surface area (Å²) in [5.41, 5.74) is 1.42. The van der Waals surface area contributed by atoms with Crippen LogP contribution in [0.4, 0.5) is 4.39 Å². The molecule has 0 radical (unpaired) electrons. The van der Waals surface area contributed by atoms with Gasteiger partial charge in [-0.3, -0.25) is 0 Å². The van der Waals surface area contributed by atoms with Crippen molar-refractivity contribution in [2.75, 3.05) is 20.8 Å². The normalized spacial score (nSPS) is 10.7. The molecule has 0 spiro atoms. The van der Waals surface area contributed by atoms with Gasteiger partial charge in [0.2, 0.25) is 5.89 Å². The maximum Gasteiger partial charge on any atom is 0.250 e. The molecule has 136 valence electrons. The van der Waals surface area contributed by atoms with Crippen LogP contribution in [0.2, 0.25) is 0 Å². The Hall–Kier alpha value is -2.93. The molecular formula is C19H20FN3O3. The summed E-state index contributed by atoms with van der Waals surface area (Å²) in [4.78, 5) is 0. The van der Waals surface area contributed by atoms with Gasteiger partial charge in [-0.1, -0.05) is 18.2 Å². The monoisotopic (exact) mass is 357 g/mol. The Balaban J connectivity index is 1.52. The van der Waals surface area contributed by atoms with E-state index < -0.39 is 0 Å². The molecule has 1 N–H and O–H groups in total. The van der Waals surface area contributed by atoms with Crippen LogP contribution in [-0.4, -0.2) is 31.0 Å². The van der Waals surface area contributed by atoms with Gasteiger partial charge in [-0.25, -0.2) is 4.39 Å². The molecule has 7 heteroatoms. The molecule has 0 amide bonds. The quantitative estimate of drug-likeness (QED) is 0.624. The van der Waals surface area contributed by atoms with Crippen molar-refractivity contribution in [3.63, 3.8) is 0 Å². The molecule has 0 atom stereocenters. The van der Waals surface area contributed by atoms with Crippen LogP contribution in [-0.2, 0) is 13.0 Å². The number of nitrogens with one attached hydrogen (secondary N) is 1. The van der Waals surface area contributed by atoms with E-state index in [0.717, 1.165) is 12.0 Å². The third-order valence-electron chi connectivity index (χ3n) is 3.89. The van der Waals surface area contributed by atoms with Gasteiger partial charge in [0.25, 0.3) is 5.89 Å². The zero-order valence-corrected chi connectivity index (χ0v) is 14.7. The van der Waals surface area contributed by atoms with Crippen LogP contribution in [0.3, 0.4) is 0 Å². The number of aromatic nitrogens is 2. The lowest BCUT2D eigenvalue weighted by Crippen LogP contribution is -2.16. The minimum Gasteiger partial charge on any atom is -0.493 e. The Morgan fingerprint density at radius 2 is 1.85 bits per heavy atom. The first-order chi connectivity index (χ1) is 12.7. The van der Waals surface area contributed by atoms with Crippen LogP contribution in [0.15, 0.2) is 46.9 Å². The van der Waals surface area contributed by atoms with Crippen LogP contribution in [0.1, 0.15) is 11.5 Å². The summed E-state index contributed by atoms with van der Waals surface area (Å²) in [6, 6.07) is 12.1. The van der Waals surface area contributed by atoms with Gasteiger partial charge in [0.1, 0.15) is 5.82 Å². The van der Waals surface area contributed by atoms with Gasteiger partial charge in [-0.05, 0) is 42.8 Å². The number of nitrogens with zero attached hydrogens (tertiary/aromatic N) is 2.